The van der Waals surface area contributed by atoms with Crippen LogP contribution in [0, 0.1) is 0 Å². The van der Waals surface area contributed by atoms with Gasteiger partial charge in [-0.25, -0.2) is 0 Å². The highest BCUT2D eigenvalue weighted by atomic mass is 79.9. The van der Waals surface area contributed by atoms with Crippen molar-refractivity contribution in [1.82, 2.24) is 0 Å². The van der Waals surface area contributed by atoms with Crippen molar-refractivity contribution in [3.63, 3.8) is 0 Å². The van der Waals surface area contributed by atoms with Gasteiger partial charge in [-0.2, -0.15) is 0 Å². The van der Waals surface area contributed by atoms with Gasteiger partial charge in [-0.15, -0.1) is 0 Å². The number of benzene rings is 2. The quantitative estimate of drug-likeness (QED) is 0.797. The summed E-state index contributed by atoms with van der Waals surface area (Å²) in [6.07, 6.45) is 0. The fourth-order valence-electron chi connectivity index (χ4n) is 2.04. The lowest BCUT2D eigenvalue weighted by molar-refractivity contribution is -0.116. The van der Waals surface area contributed by atoms with Gasteiger partial charge >= 0.3 is 0 Å². The Labute approximate surface area is 139 Å². The van der Waals surface area contributed by atoms with Gasteiger partial charge in [0.1, 0.15) is 17.5 Å². The molecule has 3 rings (SSSR count). The largest absolute Gasteiger partial charge is 0.454 e. The van der Waals surface area contributed by atoms with Crippen LogP contribution < -0.4 is 15.8 Å². The van der Waals surface area contributed by atoms with E-state index >= 15 is 0 Å². The molecule has 4 nitrogen and oxygen atoms in total. The second kappa shape index (κ2) is 5.50. The zero-order valence-electron chi connectivity index (χ0n) is 10.5. The maximum Gasteiger partial charge on any atom is 0.245 e. The predicted octanol–water partition coefficient (Wildman–Crippen LogP) is 4.50. The van der Waals surface area contributed by atoms with Gasteiger partial charge in [0.2, 0.25) is 5.91 Å². The highest BCUT2D eigenvalue weighted by molar-refractivity contribution is 9.10. The Balaban J connectivity index is 1.99. The number of amides is 1. The van der Waals surface area contributed by atoms with Crippen molar-refractivity contribution in [2.75, 3.05) is 5.32 Å². The van der Waals surface area contributed by atoms with Crippen LogP contribution >= 0.6 is 39.1 Å². The Morgan fingerprint density at radius 2 is 1.86 bits per heavy atom. The summed E-state index contributed by atoms with van der Waals surface area (Å²) in [6.45, 7) is 0. The van der Waals surface area contributed by atoms with E-state index in [1.165, 1.54) is 0 Å². The fourth-order valence-corrected chi connectivity index (χ4v) is 2.75. The number of nitrogens with one attached hydrogen (secondary N) is 1. The third-order valence-corrected chi connectivity index (χ3v) is 4.19. The molecule has 1 unspecified atom stereocenters. The summed E-state index contributed by atoms with van der Waals surface area (Å²) in [6, 6.07) is 7.80. The van der Waals surface area contributed by atoms with Gasteiger partial charge in [-0.1, -0.05) is 39.1 Å². The normalized spacial score (nSPS) is 16.6. The number of carbonyl (C=O) groups is 1. The lowest BCUT2D eigenvalue weighted by atomic mass is 10.1. The number of carbonyl (C=O) groups excluding carboxylic acids is 1. The average molecular weight is 388 g/mol. The van der Waals surface area contributed by atoms with Crippen LogP contribution in [0.2, 0.25) is 10.0 Å². The molecular weight excluding hydrogens is 379 g/mol. The number of rotatable bonds is 2. The zero-order valence-corrected chi connectivity index (χ0v) is 13.6. The van der Waals surface area contributed by atoms with Crippen LogP contribution in [0.25, 0.3) is 0 Å². The molecule has 1 aliphatic heterocycles. The molecule has 1 amide bonds. The summed E-state index contributed by atoms with van der Waals surface area (Å²) in [7, 11) is 0. The number of fused-ring (bicyclic) bond motifs is 1. The molecule has 0 aliphatic carbocycles. The number of ether oxygens (including phenoxy) is 1. The smallest absolute Gasteiger partial charge is 0.245 e. The monoisotopic (exact) mass is 386 g/mol. The molecule has 1 atom stereocenters. The molecule has 2 aromatic rings. The number of nitrogens with two attached hydrogens (primary N) is 1. The summed E-state index contributed by atoms with van der Waals surface area (Å²) in [5, 5.41) is 3.49. The van der Waals surface area contributed by atoms with Crippen molar-refractivity contribution in [3.05, 3.63) is 50.4 Å². The predicted molar refractivity (Wildman–Crippen MR) is 86.2 cm³/mol. The highest BCUT2D eigenvalue weighted by Crippen LogP contribution is 2.41. The van der Waals surface area contributed by atoms with Gasteiger partial charge < -0.3 is 15.8 Å². The van der Waals surface area contributed by atoms with Gasteiger partial charge in [0.25, 0.3) is 0 Å². The van der Waals surface area contributed by atoms with Crippen LogP contribution in [0.4, 0.5) is 5.69 Å². The standard InChI is InChI=1S/C14H9BrCl2N2O2/c15-6-1-2-8(16)11(3-6)21-12-5-10-7(4-9(12)17)13(18)14(20)19-10/h1-5,13H,18H2,(H,19,20). The van der Waals surface area contributed by atoms with Gasteiger partial charge in [-0.05, 0) is 24.3 Å². The van der Waals surface area contributed by atoms with E-state index in [0.717, 1.165) is 4.47 Å². The highest BCUT2D eigenvalue weighted by Gasteiger charge is 2.28. The van der Waals surface area contributed by atoms with Gasteiger partial charge in [0.05, 0.1) is 10.0 Å². The molecule has 0 aromatic heterocycles. The zero-order chi connectivity index (χ0) is 15.1. The van der Waals surface area contributed by atoms with E-state index < -0.39 is 6.04 Å². The minimum absolute atomic E-state index is 0.265. The lowest BCUT2D eigenvalue weighted by Gasteiger charge is -2.11. The molecule has 21 heavy (non-hydrogen) atoms. The van der Waals surface area contributed by atoms with E-state index in [2.05, 4.69) is 21.2 Å². The molecule has 0 fully saturated rings. The van der Waals surface area contributed by atoms with Gasteiger partial charge in [0.15, 0.2) is 0 Å². The molecule has 7 heteroatoms. The Hall–Kier alpha value is -1.27. The summed E-state index contributed by atoms with van der Waals surface area (Å²) in [5.74, 6) is 0.588. The first-order valence-corrected chi connectivity index (χ1v) is 7.53. The van der Waals surface area contributed by atoms with Crippen molar-refractivity contribution in [2.45, 2.75) is 6.04 Å². The van der Waals surface area contributed by atoms with Crippen molar-refractivity contribution >= 4 is 50.7 Å². The second-order valence-electron chi connectivity index (χ2n) is 4.51. The maximum absolute atomic E-state index is 11.6. The van der Waals surface area contributed by atoms with E-state index in [1.807, 2.05) is 0 Å². The third kappa shape index (κ3) is 2.74. The topological polar surface area (TPSA) is 64.4 Å². The molecule has 108 valence electrons. The number of hydrogen-bond donors (Lipinski definition) is 2. The molecule has 0 saturated carbocycles. The van der Waals surface area contributed by atoms with E-state index in [4.69, 9.17) is 33.7 Å². The van der Waals surface area contributed by atoms with Crippen molar-refractivity contribution < 1.29 is 9.53 Å². The molecule has 1 heterocycles. The summed E-state index contributed by atoms with van der Waals surface area (Å²) in [5.41, 5.74) is 7.01. The number of halogens is 3. The summed E-state index contributed by atoms with van der Waals surface area (Å²) in [4.78, 5) is 11.6. The molecule has 0 bridgehead atoms. The Morgan fingerprint density at radius 3 is 2.62 bits per heavy atom. The van der Waals surface area contributed by atoms with Crippen molar-refractivity contribution in [3.8, 4) is 11.5 Å². The minimum Gasteiger partial charge on any atom is -0.454 e. The molecule has 1 aliphatic rings. The fraction of sp³-hybridized carbons (Fsp3) is 0.0714. The minimum atomic E-state index is -0.707. The van der Waals surface area contributed by atoms with Crippen LogP contribution in [0.1, 0.15) is 11.6 Å². The van der Waals surface area contributed by atoms with Crippen molar-refractivity contribution in [1.29, 1.82) is 0 Å². The van der Waals surface area contributed by atoms with E-state index in [0.29, 0.717) is 32.8 Å². The third-order valence-electron chi connectivity index (χ3n) is 3.09. The van der Waals surface area contributed by atoms with Crippen LogP contribution in [0.15, 0.2) is 34.8 Å². The molecule has 3 N–H and O–H groups in total. The van der Waals surface area contributed by atoms with Crippen LogP contribution in [-0.4, -0.2) is 5.91 Å². The molecule has 0 saturated heterocycles. The van der Waals surface area contributed by atoms with E-state index in [1.54, 1.807) is 30.3 Å². The van der Waals surface area contributed by atoms with Crippen molar-refractivity contribution in [2.24, 2.45) is 5.73 Å². The Kier molecular flexibility index (Phi) is 3.84. The van der Waals surface area contributed by atoms with Gasteiger partial charge in [-0.3, -0.25) is 4.79 Å². The second-order valence-corrected chi connectivity index (χ2v) is 6.24. The number of anilines is 1. The molecule has 0 radical (unpaired) electrons. The van der Waals surface area contributed by atoms with Crippen LogP contribution in [0.5, 0.6) is 11.5 Å². The van der Waals surface area contributed by atoms with E-state index in [-0.39, 0.29) is 5.91 Å². The van der Waals surface area contributed by atoms with Crippen LogP contribution in [0.3, 0.4) is 0 Å². The Bertz CT molecular complexity index is 752. The first kappa shape index (κ1) is 14.7. The first-order valence-electron chi connectivity index (χ1n) is 5.98. The molecular formula is C14H9BrCl2N2O2. The van der Waals surface area contributed by atoms with Gasteiger partial charge in [0, 0.05) is 21.8 Å². The number of hydrogen-bond acceptors (Lipinski definition) is 3. The summed E-state index contributed by atoms with van der Waals surface area (Å²) < 4.78 is 6.56. The maximum atomic E-state index is 11.6. The van der Waals surface area contributed by atoms with E-state index in [9.17, 15) is 4.79 Å². The average Bonchev–Trinajstić information content (AvgIpc) is 2.70. The molecule has 2 aromatic carbocycles. The lowest BCUT2D eigenvalue weighted by Crippen LogP contribution is -2.19. The molecule has 0 spiro atoms. The SMILES string of the molecule is NC1C(=O)Nc2cc(Oc3cc(Br)ccc3Cl)c(Cl)cc21. The van der Waals surface area contributed by atoms with Crippen LogP contribution in [-0.2, 0) is 4.79 Å². The first-order chi connectivity index (χ1) is 9.95. The Morgan fingerprint density at radius 1 is 1.14 bits per heavy atom. The summed E-state index contributed by atoms with van der Waals surface area (Å²) >= 11 is 15.6.